The van der Waals surface area contributed by atoms with E-state index in [1.807, 2.05) is 18.2 Å². The molecule has 108 valence electrons. The molecule has 0 spiro atoms. The summed E-state index contributed by atoms with van der Waals surface area (Å²) in [5.41, 5.74) is 2.05. The van der Waals surface area contributed by atoms with E-state index in [-0.39, 0.29) is 25.7 Å². The molecule has 0 bridgehead atoms. The van der Waals surface area contributed by atoms with Gasteiger partial charge >= 0.3 is 5.97 Å². The second-order valence-corrected chi connectivity index (χ2v) is 6.08. The highest BCUT2D eigenvalue weighted by Gasteiger charge is 2.49. The number of aliphatic carboxylic acids is 1. The van der Waals surface area contributed by atoms with E-state index in [1.54, 1.807) is 0 Å². The molecule has 1 aromatic rings. The van der Waals surface area contributed by atoms with Crippen molar-refractivity contribution in [2.75, 3.05) is 0 Å². The van der Waals surface area contributed by atoms with Crippen LogP contribution >= 0.6 is 0 Å². The van der Waals surface area contributed by atoms with Crippen molar-refractivity contribution >= 4 is 5.97 Å². The van der Waals surface area contributed by atoms with Crippen molar-refractivity contribution in [3.63, 3.8) is 0 Å². The van der Waals surface area contributed by atoms with Gasteiger partial charge in [0.05, 0.1) is 5.41 Å². The van der Waals surface area contributed by atoms with E-state index in [9.17, 15) is 18.7 Å². The van der Waals surface area contributed by atoms with E-state index in [0.29, 0.717) is 5.56 Å². The standard InChI is InChI=1S/C16H18F2O2/c17-16(18)8-6-15(7-9-16,14(19)20)13-5-4-11-2-1-3-12(11)10-13/h4-5,10H,1-3,6-9H2,(H,19,20). The molecule has 0 aromatic heterocycles. The number of halogens is 2. The molecule has 0 unspecified atom stereocenters. The highest BCUT2D eigenvalue weighted by atomic mass is 19.3. The number of hydrogen-bond donors (Lipinski definition) is 1. The Hall–Kier alpha value is -1.45. The first-order chi connectivity index (χ1) is 9.43. The van der Waals surface area contributed by atoms with Crippen molar-refractivity contribution in [3.05, 3.63) is 34.9 Å². The number of carboxylic acids is 1. The van der Waals surface area contributed by atoms with Crippen LogP contribution in [0.2, 0.25) is 0 Å². The summed E-state index contributed by atoms with van der Waals surface area (Å²) in [6.45, 7) is 0. The zero-order chi connectivity index (χ0) is 14.4. The maximum Gasteiger partial charge on any atom is 0.314 e. The number of aryl methyl sites for hydroxylation is 2. The molecule has 20 heavy (non-hydrogen) atoms. The molecule has 3 rings (SSSR count). The lowest BCUT2D eigenvalue weighted by Crippen LogP contribution is -2.42. The quantitative estimate of drug-likeness (QED) is 0.896. The van der Waals surface area contributed by atoms with Gasteiger partial charge in [-0.1, -0.05) is 18.2 Å². The van der Waals surface area contributed by atoms with Crippen LogP contribution in [0.3, 0.4) is 0 Å². The minimum Gasteiger partial charge on any atom is -0.481 e. The van der Waals surface area contributed by atoms with E-state index in [1.165, 1.54) is 11.1 Å². The van der Waals surface area contributed by atoms with Gasteiger partial charge in [0.1, 0.15) is 0 Å². The Bertz CT molecular complexity index is 541. The number of fused-ring (bicyclic) bond motifs is 1. The molecule has 1 saturated carbocycles. The molecule has 2 aliphatic carbocycles. The van der Waals surface area contributed by atoms with Crippen LogP contribution in [0.1, 0.15) is 48.8 Å². The summed E-state index contributed by atoms with van der Waals surface area (Å²) < 4.78 is 26.7. The summed E-state index contributed by atoms with van der Waals surface area (Å²) in [5, 5.41) is 9.62. The molecule has 1 aromatic carbocycles. The van der Waals surface area contributed by atoms with Gasteiger partial charge in [0.25, 0.3) is 0 Å². The highest BCUT2D eigenvalue weighted by Crippen LogP contribution is 2.46. The fourth-order valence-corrected chi connectivity index (χ4v) is 3.54. The molecule has 0 radical (unpaired) electrons. The van der Waals surface area contributed by atoms with Crippen LogP contribution in [-0.2, 0) is 23.1 Å². The molecule has 0 aliphatic heterocycles. The molecular formula is C16H18F2O2. The summed E-state index contributed by atoms with van der Waals surface area (Å²) in [7, 11) is 0. The average molecular weight is 280 g/mol. The molecule has 0 amide bonds. The topological polar surface area (TPSA) is 37.3 Å². The van der Waals surface area contributed by atoms with Crippen LogP contribution in [0.15, 0.2) is 18.2 Å². The fourth-order valence-electron chi connectivity index (χ4n) is 3.54. The van der Waals surface area contributed by atoms with Crippen molar-refractivity contribution < 1.29 is 18.7 Å². The molecule has 2 aliphatic rings. The van der Waals surface area contributed by atoms with E-state index >= 15 is 0 Å². The first-order valence-electron chi connectivity index (χ1n) is 7.17. The number of benzene rings is 1. The van der Waals surface area contributed by atoms with Gasteiger partial charge < -0.3 is 5.11 Å². The van der Waals surface area contributed by atoms with Gasteiger partial charge in [0.2, 0.25) is 5.92 Å². The fraction of sp³-hybridized carbons (Fsp3) is 0.562. The number of rotatable bonds is 2. The maximum absolute atomic E-state index is 13.4. The molecule has 1 N–H and O–H groups in total. The van der Waals surface area contributed by atoms with Crippen molar-refractivity contribution in [1.82, 2.24) is 0 Å². The predicted molar refractivity (Wildman–Crippen MR) is 71.2 cm³/mol. The van der Waals surface area contributed by atoms with Gasteiger partial charge in [-0.25, -0.2) is 8.78 Å². The van der Waals surface area contributed by atoms with Gasteiger partial charge in [0, 0.05) is 12.8 Å². The average Bonchev–Trinajstić information content (AvgIpc) is 2.86. The zero-order valence-electron chi connectivity index (χ0n) is 11.3. The van der Waals surface area contributed by atoms with Gasteiger partial charge in [-0.15, -0.1) is 0 Å². The van der Waals surface area contributed by atoms with Crippen LogP contribution in [0.25, 0.3) is 0 Å². The summed E-state index contributed by atoms with van der Waals surface area (Å²) in [6.07, 6.45) is 2.47. The van der Waals surface area contributed by atoms with Gasteiger partial charge in [-0.2, -0.15) is 0 Å². The third-order valence-corrected chi connectivity index (χ3v) is 4.90. The van der Waals surface area contributed by atoms with Crippen molar-refractivity contribution in [2.45, 2.75) is 56.3 Å². The molecule has 1 fully saturated rings. The smallest absolute Gasteiger partial charge is 0.314 e. The largest absolute Gasteiger partial charge is 0.481 e. The Labute approximate surface area is 116 Å². The second kappa shape index (κ2) is 4.54. The molecule has 4 heteroatoms. The normalized spacial score (nSPS) is 23.3. The predicted octanol–water partition coefficient (Wildman–Crippen LogP) is 3.71. The summed E-state index contributed by atoms with van der Waals surface area (Å²) in [6, 6.07) is 5.76. The minimum absolute atomic E-state index is 0.0219. The summed E-state index contributed by atoms with van der Waals surface area (Å²) >= 11 is 0. The lowest BCUT2D eigenvalue weighted by molar-refractivity contribution is -0.149. The number of alkyl halides is 2. The molecule has 2 nitrogen and oxygen atoms in total. The lowest BCUT2D eigenvalue weighted by atomic mass is 9.68. The van der Waals surface area contributed by atoms with Gasteiger partial charge in [-0.05, 0) is 48.8 Å². The van der Waals surface area contributed by atoms with E-state index < -0.39 is 17.3 Å². The van der Waals surface area contributed by atoms with E-state index in [4.69, 9.17) is 0 Å². The number of carbonyl (C=O) groups is 1. The van der Waals surface area contributed by atoms with Crippen molar-refractivity contribution in [2.24, 2.45) is 0 Å². The van der Waals surface area contributed by atoms with Crippen LogP contribution in [0.4, 0.5) is 8.78 Å². The number of carboxylic acid groups (broad SMARTS) is 1. The number of hydrogen-bond acceptors (Lipinski definition) is 1. The van der Waals surface area contributed by atoms with Gasteiger partial charge in [0.15, 0.2) is 0 Å². The lowest BCUT2D eigenvalue weighted by Gasteiger charge is -2.37. The molecule has 0 saturated heterocycles. The molecular weight excluding hydrogens is 262 g/mol. The Kier molecular flexibility index (Phi) is 3.07. The van der Waals surface area contributed by atoms with E-state index in [0.717, 1.165) is 19.3 Å². The first kappa shape index (κ1) is 13.5. The first-order valence-corrected chi connectivity index (χ1v) is 7.17. The second-order valence-electron chi connectivity index (χ2n) is 6.08. The minimum atomic E-state index is -2.71. The SMILES string of the molecule is O=C(O)C1(c2ccc3c(c2)CCC3)CCC(F)(F)CC1. The highest BCUT2D eigenvalue weighted by molar-refractivity contribution is 5.81. The Balaban J connectivity index is 1.97. The summed E-state index contributed by atoms with van der Waals surface area (Å²) in [4.78, 5) is 11.7. The van der Waals surface area contributed by atoms with Crippen molar-refractivity contribution in [1.29, 1.82) is 0 Å². The van der Waals surface area contributed by atoms with Crippen LogP contribution < -0.4 is 0 Å². The maximum atomic E-state index is 13.4. The summed E-state index contributed by atoms with van der Waals surface area (Å²) in [5.74, 6) is -3.68. The van der Waals surface area contributed by atoms with E-state index in [2.05, 4.69) is 0 Å². The van der Waals surface area contributed by atoms with Crippen molar-refractivity contribution in [3.8, 4) is 0 Å². The zero-order valence-corrected chi connectivity index (χ0v) is 11.3. The van der Waals surface area contributed by atoms with Gasteiger partial charge in [-0.3, -0.25) is 4.79 Å². The third-order valence-electron chi connectivity index (χ3n) is 4.90. The van der Waals surface area contributed by atoms with Crippen LogP contribution in [-0.4, -0.2) is 17.0 Å². The Morgan fingerprint density at radius 1 is 1.05 bits per heavy atom. The molecule has 0 atom stereocenters. The monoisotopic (exact) mass is 280 g/mol. The van der Waals surface area contributed by atoms with Crippen LogP contribution in [0, 0.1) is 0 Å². The Morgan fingerprint density at radius 3 is 2.35 bits per heavy atom. The molecule has 0 heterocycles. The Morgan fingerprint density at radius 2 is 1.70 bits per heavy atom. The third kappa shape index (κ3) is 2.11. The van der Waals surface area contributed by atoms with Crippen LogP contribution in [0.5, 0.6) is 0 Å².